The van der Waals surface area contributed by atoms with Gasteiger partial charge < -0.3 is 10.1 Å². The van der Waals surface area contributed by atoms with Crippen LogP contribution in [0.1, 0.15) is 38.3 Å². The molecule has 6 nitrogen and oxygen atoms in total. The number of fused-ring (bicyclic) bond motifs is 3. The zero-order valence-corrected chi connectivity index (χ0v) is 13.7. The van der Waals surface area contributed by atoms with Gasteiger partial charge in [-0.15, -0.1) is 12.4 Å². The average molecular weight is 324 g/mol. The number of nitrogens with one attached hydrogen (secondary N) is 1. The van der Waals surface area contributed by atoms with Crippen molar-refractivity contribution < 1.29 is 4.74 Å². The first-order valence-corrected chi connectivity index (χ1v) is 7.77. The summed E-state index contributed by atoms with van der Waals surface area (Å²) in [5, 5.41) is 7.76. The highest BCUT2D eigenvalue weighted by Gasteiger charge is 2.39. The summed E-state index contributed by atoms with van der Waals surface area (Å²) >= 11 is 0. The molecule has 3 heterocycles. The van der Waals surface area contributed by atoms with Gasteiger partial charge in [0.1, 0.15) is 6.33 Å². The molecule has 120 valence electrons. The van der Waals surface area contributed by atoms with Crippen LogP contribution in [0.25, 0.3) is 5.78 Å². The first-order chi connectivity index (χ1) is 10.2. The highest BCUT2D eigenvalue weighted by Crippen LogP contribution is 2.36. The minimum atomic E-state index is 0. The molecule has 1 aliphatic carbocycles. The van der Waals surface area contributed by atoms with E-state index < -0.39 is 0 Å². The van der Waals surface area contributed by atoms with E-state index in [-0.39, 0.29) is 12.4 Å². The van der Waals surface area contributed by atoms with Crippen molar-refractivity contribution in [2.24, 2.45) is 11.8 Å². The Hall–Kier alpha value is -1.40. The quantitative estimate of drug-likeness (QED) is 0.933. The molecule has 1 saturated heterocycles. The highest BCUT2D eigenvalue weighted by atomic mass is 35.5. The van der Waals surface area contributed by atoms with Crippen LogP contribution < -0.4 is 10.1 Å². The van der Waals surface area contributed by atoms with Gasteiger partial charge in [-0.05, 0) is 37.1 Å². The summed E-state index contributed by atoms with van der Waals surface area (Å²) in [6.07, 6.45) is 4.06. The van der Waals surface area contributed by atoms with Crippen molar-refractivity contribution in [1.82, 2.24) is 24.9 Å². The SMILES string of the molecule is CC(C)c1cc(OC[C@H]2C[C@H]3C[C@@H]2CN3)n2ncnc2n1.Cl. The van der Waals surface area contributed by atoms with E-state index >= 15 is 0 Å². The van der Waals surface area contributed by atoms with Crippen LogP contribution in [0.2, 0.25) is 0 Å². The van der Waals surface area contributed by atoms with Gasteiger partial charge in [-0.1, -0.05) is 13.8 Å². The molecule has 0 radical (unpaired) electrons. The molecule has 2 bridgehead atoms. The van der Waals surface area contributed by atoms with Crippen LogP contribution in [0, 0.1) is 11.8 Å². The Morgan fingerprint density at radius 1 is 1.41 bits per heavy atom. The van der Waals surface area contributed by atoms with Crippen LogP contribution >= 0.6 is 12.4 Å². The molecule has 1 saturated carbocycles. The van der Waals surface area contributed by atoms with Crippen molar-refractivity contribution in [2.75, 3.05) is 13.2 Å². The Morgan fingerprint density at radius 3 is 2.95 bits per heavy atom. The van der Waals surface area contributed by atoms with Crippen LogP contribution in [0.3, 0.4) is 0 Å². The number of piperidine rings is 1. The number of halogens is 1. The molecule has 2 aliphatic rings. The molecule has 2 fully saturated rings. The first kappa shape index (κ1) is 15.5. The van der Waals surface area contributed by atoms with Crippen molar-refractivity contribution in [2.45, 2.75) is 38.6 Å². The van der Waals surface area contributed by atoms with Crippen LogP contribution in [0.4, 0.5) is 0 Å². The van der Waals surface area contributed by atoms with Gasteiger partial charge in [0, 0.05) is 12.1 Å². The Kier molecular flexibility index (Phi) is 4.23. The topological polar surface area (TPSA) is 64.3 Å². The normalized spacial score (nSPS) is 26.6. The summed E-state index contributed by atoms with van der Waals surface area (Å²) in [7, 11) is 0. The second-order valence-corrected chi connectivity index (χ2v) is 6.55. The maximum Gasteiger partial charge on any atom is 0.255 e. The molecule has 0 unspecified atom stereocenters. The molecule has 4 rings (SSSR count). The minimum Gasteiger partial charge on any atom is -0.477 e. The predicted molar refractivity (Wildman–Crippen MR) is 85.6 cm³/mol. The molecular formula is C15H22ClN5O. The first-order valence-electron chi connectivity index (χ1n) is 7.77. The maximum absolute atomic E-state index is 6.10. The number of ether oxygens (including phenoxy) is 1. The molecule has 22 heavy (non-hydrogen) atoms. The third-order valence-electron chi connectivity index (χ3n) is 4.79. The number of nitrogens with zero attached hydrogens (tertiary/aromatic N) is 4. The molecule has 0 aromatic carbocycles. The van der Waals surface area contributed by atoms with Gasteiger partial charge in [0.25, 0.3) is 5.78 Å². The van der Waals surface area contributed by atoms with Gasteiger partial charge in [-0.25, -0.2) is 4.98 Å². The second kappa shape index (κ2) is 6.01. The fourth-order valence-electron chi connectivity index (χ4n) is 3.54. The summed E-state index contributed by atoms with van der Waals surface area (Å²) < 4.78 is 7.79. The molecule has 0 amide bonds. The zero-order chi connectivity index (χ0) is 14.4. The Balaban J connectivity index is 0.00000144. The maximum atomic E-state index is 6.10. The van der Waals surface area contributed by atoms with E-state index in [4.69, 9.17) is 4.74 Å². The van der Waals surface area contributed by atoms with Gasteiger partial charge in [0.15, 0.2) is 0 Å². The Morgan fingerprint density at radius 2 is 2.27 bits per heavy atom. The highest BCUT2D eigenvalue weighted by molar-refractivity contribution is 5.85. The molecule has 1 N–H and O–H groups in total. The van der Waals surface area contributed by atoms with E-state index in [0.29, 0.717) is 23.7 Å². The fourth-order valence-corrected chi connectivity index (χ4v) is 3.54. The van der Waals surface area contributed by atoms with Crippen LogP contribution in [-0.4, -0.2) is 38.8 Å². The number of hydrogen-bond acceptors (Lipinski definition) is 5. The lowest BCUT2D eigenvalue weighted by Crippen LogP contribution is -2.32. The van der Waals surface area contributed by atoms with Gasteiger partial charge in [0.2, 0.25) is 5.88 Å². The minimum absolute atomic E-state index is 0. The van der Waals surface area contributed by atoms with E-state index in [2.05, 4.69) is 34.2 Å². The van der Waals surface area contributed by atoms with Crippen LogP contribution in [0.5, 0.6) is 5.88 Å². The van der Waals surface area contributed by atoms with Crippen molar-refractivity contribution in [3.8, 4) is 5.88 Å². The zero-order valence-electron chi connectivity index (χ0n) is 12.9. The lowest BCUT2D eigenvalue weighted by Gasteiger charge is -2.22. The number of rotatable bonds is 4. The Labute approximate surface area is 136 Å². The largest absolute Gasteiger partial charge is 0.477 e. The molecule has 2 aromatic rings. The van der Waals surface area contributed by atoms with Crippen molar-refractivity contribution in [1.29, 1.82) is 0 Å². The van der Waals surface area contributed by atoms with E-state index in [0.717, 1.165) is 30.6 Å². The summed E-state index contributed by atoms with van der Waals surface area (Å²) in [6.45, 7) is 6.16. The Bertz CT molecular complexity index is 658. The number of aromatic nitrogens is 4. The lowest BCUT2D eigenvalue weighted by molar-refractivity contribution is 0.192. The third kappa shape index (κ3) is 2.65. The predicted octanol–water partition coefficient (Wildman–Crippen LogP) is 2.05. The lowest BCUT2D eigenvalue weighted by atomic mass is 9.96. The van der Waals surface area contributed by atoms with E-state index in [1.54, 1.807) is 4.52 Å². The van der Waals surface area contributed by atoms with Gasteiger partial charge >= 0.3 is 0 Å². The van der Waals surface area contributed by atoms with Crippen molar-refractivity contribution >= 4 is 18.2 Å². The van der Waals surface area contributed by atoms with Crippen molar-refractivity contribution in [3.05, 3.63) is 18.1 Å². The smallest absolute Gasteiger partial charge is 0.255 e. The fraction of sp³-hybridized carbons (Fsp3) is 0.667. The molecule has 3 atom stereocenters. The molecule has 1 aliphatic heterocycles. The van der Waals surface area contributed by atoms with Crippen molar-refractivity contribution in [3.63, 3.8) is 0 Å². The van der Waals surface area contributed by atoms with Crippen LogP contribution in [0.15, 0.2) is 12.4 Å². The van der Waals surface area contributed by atoms with Gasteiger partial charge in [0.05, 0.1) is 12.3 Å². The third-order valence-corrected chi connectivity index (χ3v) is 4.79. The molecule has 0 spiro atoms. The second-order valence-electron chi connectivity index (χ2n) is 6.55. The molecular weight excluding hydrogens is 302 g/mol. The van der Waals surface area contributed by atoms with E-state index in [1.165, 1.54) is 19.2 Å². The number of hydrogen-bond donors (Lipinski definition) is 1. The molecule has 7 heteroatoms. The summed E-state index contributed by atoms with van der Waals surface area (Å²) in [5.41, 5.74) is 1.00. The standard InChI is InChI=1S/C15H21N5O.ClH/c1-9(2)13-5-14(20-15(19-13)17-8-18-20)21-7-11-4-12-3-10(11)6-16-12;/h5,8-12,16H,3-4,6-7H2,1-2H3;1H/t10-,11-,12-;/m1./s1. The van der Waals surface area contributed by atoms with Crippen LogP contribution in [-0.2, 0) is 0 Å². The summed E-state index contributed by atoms with van der Waals surface area (Å²) in [5.74, 6) is 3.15. The summed E-state index contributed by atoms with van der Waals surface area (Å²) in [6, 6.07) is 2.70. The monoisotopic (exact) mass is 323 g/mol. The van der Waals surface area contributed by atoms with Gasteiger partial charge in [-0.2, -0.15) is 14.6 Å². The van der Waals surface area contributed by atoms with Gasteiger partial charge in [-0.3, -0.25) is 0 Å². The van der Waals surface area contributed by atoms with E-state index in [1.807, 2.05) is 6.07 Å². The average Bonchev–Trinajstić information content (AvgIpc) is 3.19. The van der Waals surface area contributed by atoms with E-state index in [9.17, 15) is 0 Å². The summed E-state index contributed by atoms with van der Waals surface area (Å²) in [4.78, 5) is 8.70. The molecule has 2 aromatic heterocycles.